The molecule has 0 aliphatic carbocycles. The number of aromatic amines is 1. The Morgan fingerprint density at radius 1 is 0.844 bits per heavy atom. The van der Waals surface area contributed by atoms with Gasteiger partial charge in [0.15, 0.2) is 0 Å². The molecule has 2 heterocycles. The van der Waals surface area contributed by atoms with Gasteiger partial charge in [-0.15, -0.1) is 0 Å². The normalized spacial score (nSPS) is 17.9. The molecule has 9 nitrogen and oxygen atoms in total. The van der Waals surface area contributed by atoms with Gasteiger partial charge in [0.1, 0.15) is 0 Å². The van der Waals surface area contributed by atoms with E-state index in [0.717, 1.165) is 16.5 Å². The van der Waals surface area contributed by atoms with Crippen molar-refractivity contribution in [3.05, 3.63) is 110 Å². The summed E-state index contributed by atoms with van der Waals surface area (Å²) in [7, 11) is 0. The lowest BCUT2D eigenvalue weighted by atomic mass is 9.76. The Labute approximate surface area is 181 Å². The molecule has 2 atom stereocenters. The fraction of sp³-hybridized carbons (Fsp3) is 0.0870. The lowest BCUT2D eigenvalue weighted by molar-refractivity contribution is -0.385. The maximum Gasteiger partial charge on any atom is 0.274 e. The molecule has 9 heteroatoms. The third-order valence-electron chi connectivity index (χ3n) is 5.82. The average Bonchev–Trinajstić information content (AvgIpc) is 3.21. The molecule has 158 valence electrons. The maximum absolute atomic E-state index is 13.4. The number of H-pyrrole nitrogens is 1. The molecule has 3 aromatic carbocycles. The number of fused-ring (bicyclic) bond motifs is 1. The van der Waals surface area contributed by atoms with Gasteiger partial charge in [-0.05, 0) is 17.7 Å². The molecule has 4 aromatic rings. The van der Waals surface area contributed by atoms with Gasteiger partial charge in [0.05, 0.1) is 33.1 Å². The van der Waals surface area contributed by atoms with Crippen LogP contribution in [-0.2, 0) is 4.79 Å². The average molecular weight is 428 g/mol. The van der Waals surface area contributed by atoms with Crippen molar-refractivity contribution < 1.29 is 14.6 Å². The van der Waals surface area contributed by atoms with Crippen LogP contribution in [0, 0.1) is 20.2 Å². The first-order chi connectivity index (χ1) is 15.5. The number of nitrogens with zero attached hydrogens (tertiary/aromatic N) is 3. The highest BCUT2D eigenvalue weighted by Gasteiger charge is 2.52. The minimum atomic E-state index is -0.690. The summed E-state index contributed by atoms with van der Waals surface area (Å²) in [4.78, 5) is 40.0. The van der Waals surface area contributed by atoms with Crippen LogP contribution in [0.15, 0.2) is 79.0 Å². The summed E-state index contributed by atoms with van der Waals surface area (Å²) in [5, 5.41) is 23.9. The standard InChI is InChI=1S/C23H16N4O5/c28-23-21(18-13-24-19-10-3-1-8-16(18)19)22(17-9-2-4-11-20(17)27(31)32)25(23)14-6-5-7-15(12-14)26(29)30/h1-13,21-22,24H. The number of aromatic nitrogens is 1. The second kappa shape index (κ2) is 7.31. The van der Waals surface area contributed by atoms with Crippen molar-refractivity contribution >= 4 is 33.9 Å². The molecule has 0 saturated carbocycles. The zero-order chi connectivity index (χ0) is 22.4. The SMILES string of the molecule is O=C1C(c2c[nH]c3ccccc23)C(c2ccccc2[N+](=O)[O-])N1c1cccc([N+](=O)[O-])c1. The number of hydrogen-bond donors (Lipinski definition) is 1. The number of carbonyl (C=O) groups excluding carboxylic acids is 1. The van der Waals surface area contributed by atoms with Gasteiger partial charge in [-0.2, -0.15) is 0 Å². The number of nitro benzene ring substituents is 2. The predicted molar refractivity (Wildman–Crippen MR) is 117 cm³/mol. The fourth-order valence-corrected chi connectivity index (χ4v) is 4.41. The highest BCUT2D eigenvalue weighted by atomic mass is 16.6. The van der Waals surface area contributed by atoms with E-state index in [2.05, 4.69) is 4.98 Å². The monoisotopic (exact) mass is 428 g/mol. The number of hydrogen-bond acceptors (Lipinski definition) is 5. The van der Waals surface area contributed by atoms with Gasteiger partial charge in [-0.25, -0.2) is 0 Å². The smallest absolute Gasteiger partial charge is 0.274 e. The van der Waals surface area contributed by atoms with Crippen LogP contribution in [-0.4, -0.2) is 20.7 Å². The Kier molecular flexibility index (Phi) is 4.44. The number of non-ortho nitro benzene ring substituents is 1. The summed E-state index contributed by atoms with van der Waals surface area (Å²) in [6.45, 7) is 0. The molecule has 1 saturated heterocycles. The van der Waals surface area contributed by atoms with Crippen molar-refractivity contribution in [3.8, 4) is 0 Å². The van der Waals surface area contributed by atoms with Crippen molar-refractivity contribution in [1.29, 1.82) is 0 Å². The first-order valence-electron chi connectivity index (χ1n) is 9.84. The quantitative estimate of drug-likeness (QED) is 0.276. The van der Waals surface area contributed by atoms with Crippen molar-refractivity contribution in [3.63, 3.8) is 0 Å². The van der Waals surface area contributed by atoms with E-state index < -0.39 is 21.8 Å². The van der Waals surface area contributed by atoms with Crippen molar-refractivity contribution in [1.82, 2.24) is 4.98 Å². The predicted octanol–water partition coefficient (Wildman–Crippen LogP) is 4.86. The molecule has 2 unspecified atom stereocenters. The Balaban J connectivity index is 1.69. The highest BCUT2D eigenvalue weighted by Crippen LogP contribution is 2.52. The van der Waals surface area contributed by atoms with E-state index in [9.17, 15) is 25.0 Å². The third-order valence-corrected chi connectivity index (χ3v) is 5.82. The number of benzene rings is 3. The number of amides is 1. The molecule has 5 rings (SSSR count). The molecule has 32 heavy (non-hydrogen) atoms. The van der Waals surface area contributed by atoms with Crippen molar-refractivity contribution in [2.24, 2.45) is 0 Å². The second-order valence-corrected chi connectivity index (χ2v) is 7.51. The summed E-state index contributed by atoms with van der Waals surface area (Å²) in [5.74, 6) is -0.954. The van der Waals surface area contributed by atoms with Gasteiger partial charge in [-0.3, -0.25) is 25.0 Å². The van der Waals surface area contributed by atoms with E-state index in [1.54, 1.807) is 30.5 Å². The number of nitrogens with one attached hydrogen (secondary N) is 1. The van der Waals surface area contributed by atoms with E-state index in [4.69, 9.17) is 0 Å². The Bertz CT molecular complexity index is 1400. The van der Waals surface area contributed by atoms with Crippen LogP contribution >= 0.6 is 0 Å². The Morgan fingerprint density at radius 3 is 2.38 bits per heavy atom. The maximum atomic E-state index is 13.4. The van der Waals surface area contributed by atoms with Crippen LogP contribution in [0.4, 0.5) is 17.1 Å². The molecule has 1 fully saturated rings. The molecule has 1 aromatic heterocycles. The lowest BCUT2D eigenvalue weighted by Gasteiger charge is -2.47. The van der Waals surface area contributed by atoms with E-state index in [0.29, 0.717) is 11.3 Å². The third kappa shape index (κ3) is 2.90. The molecule has 1 N–H and O–H groups in total. The van der Waals surface area contributed by atoms with E-state index in [1.807, 2.05) is 24.3 Å². The minimum Gasteiger partial charge on any atom is -0.361 e. The van der Waals surface area contributed by atoms with Gasteiger partial charge in [0.25, 0.3) is 11.4 Å². The molecule has 1 aliphatic rings. The molecule has 1 aliphatic heterocycles. The second-order valence-electron chi connectivity index (χ2n) is 7.51. The molecule has 1 amide bonds. The largest absolute Gasteiger partial charge is 0.361 e. The highest BCUT2D eigenvalue weighted by molar-refractivity contribution is 6.09. The van der Waals surface area contributed by atoms with Gasteiger partial charge in [0, 0.05) is 35.3 Å². The molecular weight excluding hydrogens is 412 g/mol. The number of nitro groups is 2. The topological polar surface area (TPSA) is 122 Å². The van der Waals surface area contributed by atoms with Crippen molar-refractivity contribution in [2.75, 3.05) is 4.90 Å². The lowest BCUT2D eigenvalue weighted by Crippen LogP contribution is -2.53. The van der Waals surface area contributed by atoms with E-state index in [1.165, 1.54) is 29.2 Å². The van der Waals surface area contributed by atoms with Crippen LogP contribution < -0.4 is 4.90 Å². The van der Waals surface area contributed by atoms with Crippen LogP contribution in [0.25, 0.3) is 10.9 Å². The zero-order valence-electron chi connectivity index (χ0n) is 16.5. The van der Waals surface area contributed by atoms with Gasteiger partial charge >= 0.3 is 0 Å². The number of rotatable bonds is 5. The first-order valence-corrected chi connectivity index (χ1v) is 9.84. The zero-order valence-corrected chi connectivity index (χ0v) is 16.5. The summed E-state index contributed by atoms with van der Waals surface area (Å²) in [6, 6.07) is 18.8. The Hall–Kier alpha value is -4.53. The molecule has 0 radical (unpaired) electrons. The number of anilines is 1. The summed E-state index contributed by atoms with van der Waals surface area (Å²) in [6.07, 6.45) is 1.75. The Morgan fingerprint density at radius 2 is 1.59 bits per heavy atom. The number of carbonyl (C=O) groups is 1. The summed E-state index contributed by atoms with van der Waals surface area (Å²) >= 11 is 0. The number of β-lactam (4-membered cyclic amide) rings is 1. The van der Waals surface area contributed by atoms with Crippen LogP contribution in [0.2, 0.25) is 0 Å². The van der Waals surface area contributed by atoms with Gasteiger partial charge in [-0.1, -0.05) is 42.5 Å². The molecule has 0 bridgehead atoms. The fourth-order valence-electron chi connectivity index (χ4n) is 4.41. The van der Waals surface area contributed by atoms with Gasteiger partial charge < -0.3 is 9.88 Å². The summed E-state index contributed by atoms with van der Waals surface area (Å²) < 4.78 is 0. The van der Waals surface area contributed by atoms with E-state index >= 15 is 0 Å². The minimum absolute atomic E-state index is 0.106. The van der Waals surface area contributed by atoms with Crippen LogP contribution in [0.5, 0.6) is 0 Å². The first kappa shape index (κ1) is 19.4. The summed E-state index contributed by atoms with van der Waals surface area (Å²) in [5.41, 5.74) is 2.01. The molecule has 0 spiro atoms. The van der Waals surface area contributed by atoms with Gasteiger partial charge in [0.2, 0.25) is 5.91 Å². The molecular formula is C23H16N4O5. The van der Waals surface area contributed by atoms with E-state index in [-0.39, 0.29) is 17.3 Å². The number of para-hydroxylation sites is 2. The van der Waals surface area contributed by atoms with Crippen LogP contribution in [0.3, 0.4) is 0 Å². The van der Waals surface area contributed by atoms with Crippen LogP contribution in [0.1, 0.15) is 23.1 Å². The van der Waals surface area contributed by atoms with Crippen molar-refractivity contribution in [2.45, 2.75) is 12.0 Å².